The second-order valence-electron chi connectivity index (χ2n) is 11.0. The Hall–Kier alpha value is -3.67. The second kappa shape index (κ2) is 12.2. The van der Waals surface area contributed by atoms with Gasteiger partial charge < -0.3 is 41.7 Å². The van der Waals surface area contributed by atoms with E-state index in [1.165, 1.54) is 29.2 Å². The highest BCUT2D eigenvalue weighted by Crippen LogP contribution is 2.32. The molecule has 0 aromatic heterocycles. The Bertz CT molecular complexity index is 1200. The molecule has 0 radical (unpaired) electrons. The van der Waals surface area contributed by atoms with Crippen LogP contribution in [-0.2, 0) is 27.2 Å². The van der Waals surface area contributed by atoms with Gasteiger partial charge >= 0.3 is 0 Å². The molecule has 0 saturated carbocycles. The van der Waals surface area contributed by atoms with Crippen molar-refractivity contribution in [2.24, 2.45) is 17.4 Å². The Morgan fingerprint density at radius 2 is 1.38 bits per heavy atom. The molecule has 11 heteroatoms. The number of nitrogens with two attached hydrogens (primary N) is 2. The summed E-state index contributed by atoms with van der Waals surface area (Å²) in [6, 6.07) is 11.4. The molecule has 0 spiro atoms. The maximum absolute atomic E-state index is 14.4. The molecule has 2 unspecified atom stereocenters. The minimum atomic E-state index is -1.79. The molecule has 2 aromatic rings. The van der Waals surface area contributed by atoms with Gasteiger partial charge in [0.1, 0.15) is 23.1 Å². The smallest absolute Gasteiger partial charge is 0.243 e. The summed E-state index contributed by atoms with van der Waals surface area (Å²) >= 11 is 0. The van der Waals surface area contributed by atoms with Crippen molar-refractivity contribution in [3.63, 3.8) is 0 Å². The molecule has 2 fully saturated rings. The van der Waals surface area contributed by atoms with Crippen molar-refractivity contribution in [3.8, 4) is 11.5 Å². The average molecular weight is 555 g/mol. The largest absolute Gasteiger partial charge is 0.508 e. The Morgan fingerprint density at radius 1 is 0.850 bits per heavy atom. The average Bonchev–Trinajstić information content (AvgIpc) is 2.93. The molecule has 4 rings (SSSR count). The first-order valence-corrected chi connectivity index (χ1v) is 13.6. The SMILES string of the molecule is NC(=O)C1C[C@@H](O)CCN1C(=O)[C@@H](Cc1ccc(O)cc1)C(N)(Cc1ccc(O)cc1)C(=O)N1CCC(O)CC1. The number of phenols is 2. The topological polar surface area (TPSA) is 191 Å². The molecular formula is C29H38N4O7. The third kappa shape index (κ3) is 6.55. The number of likely N-dealkylation sites (tertiary alicyclic amines) is 2. The zero-order chi connectivity index (χ0) is 29.0. The van der Waals surface area contributed by atoms with Crippen molar-refractivity contribution in [2.75, 3.05) is 19.6 Å². The lowest BCUT2D eigenvalue weighted by Gasteiger charge is -2.44. The summed E-state index contributed by atoms with van der Waals surface area (Å²) < 4.78 is 0. The number of aliphatic hydroxyl groups is 2. The lowest BCUT2D eigenvalue weighted by atomic mass is 9.74. The Labute approximate surface area is 233 Å². The molecule has 216 valence electrons. The number of nitrogens with zero attached hydrogens (tertiary/aromatic N) is 2. The molecule has 2 aliphatic heterocycles. The molecule has 2 aliphatic rings. The van der Waals surface area contributed by atoms with Crippen molar-refractivity contribution in [3.05, 3.63) is 59.7 Å². The minimum Gasteiger partial charge on any atom is -0.508 e. The summed E-state index contributed by atoms with van der Waals surface area (Å²) in [4.78, 5) is 43.9. The predicted molar refractivity (Wildman–Crippen MR) is 146 cm³/mol. The van der Waals surface area contributed by atoms with Gasteiger partial charge in [-0.15, -0.1) is 0 Å². The van der Waals surface area contributed by atoms with E-state index in [1.807, 2.05) is 0 Å². The monoisotopic (exact) mass is 554 g/mol. The van der Waals surface area contributed by atoms with E-state index >= 15 is 0 Å². The molecule has 2 heterocycles. The minimum absolute atomic E-state index is 0.0134. The van der Waals surface area contributed by atoms with Crippen molar-refractivity contribution in [1.82, 2.24) is 9.80 Å². The molecule has 11 nitrogen and oxygen atoms in total. The van der Waals surface area contributed by atoms with E-state index in [2.05, 4.69) is 0 Å². The van der Waals surface area contributed by atoms with Crippen LogP contribution in [0.25, 0.3) is 0 Å². The maximum Gasteiger partial charge on any atom is 0.243 e. The Morgan fingerprint density at radius 3 is 1.93 bits per heavy atom. The van der Waals surface area contributed by atoms with Crippen LogP contribution in [0.1, 0.15) is 36.8 Å². The summed E-state index contributed by atoms with van der Waals surface area (Å²) in [6.07, 6.45) is -0.346. The third-order valence-electron chi connectivity index (χ3n) is 8.07. The number of piperidine rings is 2. The first-order chi connectivity index (χ1) is 19.0. The first kappa shape index (κ1) is 29.3. The fourth-order valence-electron chi connectivity index (χ4n) is 5.70. The number of benzene rings is 2. The molecule has 2 aromatic carbocycles. The van der Waals surface area contributed by atoms with Gasteiger partial charge in [-0.25, -0.2) is 0 Å². The van der Waals surface area contributed by atoms with Crippen molar-refractivity contribution in [2.45, 2.75) is 62.3 Å². The summed E-state index contributed by atoms with van der Waals surface area (Å²) in [5.41, 5.74) is 12.2. The van der Waals surface area contributed by atoms with E-state index < -0.39 is 47.4 Å². The second-order valence-corrected chi connectivity index (χ2v) is 11.0. The zero-order valence-corrected chi connectivity index (χ0v) is 22.4. The van der Waals surface area contributed by atoms with Crippen LogP contribution < -0.4 is 11.5 Å². The number of carbonyl (C=O) groups is 3. The van der Waals surface area contributed by atoms with Crippen molar-refractivity contribution >= 4 is 17.7 Å². The van der Waals surface area contributed by atoms with Crippen LogP contribution in [0, 0.1) is 5.92 Å². The van der Waals surface area contributed by atoms with Crippen LogP contribution in [0.15, 0.2) is 48.5 Å². The number of primary amides is 1. The maximum atomic E-state index is 14.4. The van der Waals surface area contributed by atoms with Crippen LogP contribution in [0.2, 0.25) is 0 Å². The molecule has 0 aliphatic carbocycles. The van der Waals surface area contributed by atoms with Crippen LogP contribution in [0.4, 0.5) is 0 Å². The van der Waals surface area contributed by atoms with Crippen LogP contribution in [0.5, 0.6) is 11.5 Å². The van der Waals surface area contributed by atoms with Crippen molar-refractivity contribution < 1.29 is 34.8 Å². The molecule has 40 heavy (non-hydrogen) atoms. The van der Waals surface area contributed by atoms with Gasteiger partial charge in [0.25, 0.3) is 0 Å². The van der Waals surface area contributed by atoms with Gasteiger partial charge in [0.2, 0.25) is 17.7 Å². The first-order valence-electron chi connectivity index (χ1n) is 13.6. The van der Waals surface area contributed by atoms with Gasteiger partial charge in [0, 0.05) is 32.5 Å². The van der Waals surface area contributed by atoms with E-state index in [9.17, 15) is 34.8 Å². The van der Waals surface area contributed by atoms with E-state index in [1.54, 1.807) is 29.2 Å². The lowest BCUT2D eigenvalue weighted by Crippen LogP contribution is -2.67. The molecule has 3 amide bonds. The molecule has 8 N–H and O–H groups in total. The number of hydrogen-bond acceptors (Lipinski definition) is 8. The predicted octanol–water partition coefficient (Wildman–Crippen LogP) is 0.0172. The fraction of sp³-hybridized carbons (Fsp3) is 0.483. The molecule has 0 bridgehead atoms. The number of aromatic hydroxyl groups is 2. The number of carbonyl (C=O) groups excluding carboxylic acids is 3. The summed E-state index contributed by atoms with van der Waals surface area (Å²) in [5.74, 6) is -2.82. The zero-order valence-electron chi connectivity index (χ0n) is 22.4. The highest BCUT2D eigenvalue weighted by atomic mass is 16.3. The van der Waals surface area contributed by atoms with Crippen LogP contribution in [-0.4, -0.2) is 91.4 Å². The number of aliphatic hydroxyl groups excluding tert-OH is 2. The number of rotatable bonds is 8. The normalized spacial score (nSPS) is 22.4. The van der Waals surface area contributed by atoms with E-state index in [0.717, 1.165) is 0 Å². The van der Waals surface area contributed by atoms with E-state index in [-0.39, 0.29) is 56.8 Å². The number of phenolic OH excluding ortho intramolecular Hbond substituents is 2. The molecule has 2 saturated heterocycles. The lowest BCUT2D eigenvalue weighted by molar-refractivity contribution is -0.154. The van der Waals surface area contributed by atoms with Gasteiger partial charge in [0.05, 0.1) is 18.1 Å². The van der Waals surface area contributed by atoms with Gasteiger partial charge in [0.15, 0.2) is 0 Å². The third-order valence-corrected chi connectivity index (χ3v) is 8.07. The highest BCUT2D eigenvalue weighted by Gasteiger charge is 2.51. The van der Waals surface area contributed by atoms with Gasteiger partial charge in [-0.05, 0) is 61.1 Å². The van der Waals surface area contributed by atoms with Gasteiger partial charge in [-0.3, -0.25) is 14.4 Å². The number of hydrogen-bond donors (Lipinski definition) is 6. The Kier molecular flexibility index (Phi) is 8.97. The molecular weight excluding hydrogens is 516 g/mol. The Balaban J connectivity index is 1.79. The standard InChI is InChI=1S/C29H38N4O7/c30-26(38)25-16-23(37)11-14-33(25)27(39)24(15-18-1-5-20(34)6-2-18)29(31,17-19-3-7-21(35)8-4-19)28(40)32-12-9-22(36)10-13-32/h1-8,22-25,34-37H,9-17,31H2,(H2,30,38)/t23-,24+,25?,29?/m0/s1. The van der Waals surface area contributed by atoms with Crippen molar-refractivity contribution in [1.29, 1.82) is 0 Å². The van der Waals surface area contributed by atoms with E-state index in [4.69, 9.17) is 11.5 Å². The quantitative estimate of drug-likeness (QED) is 0.263. The summed E-state index contributed by atoms with van der Waals surface area (Å²) in [5, 5.41) is 39.8. The van der Waals surface area contributed by atoms with E-state index in [0.29, 0.717) is 24.0 Å². The van der Waals surface area contributed by atoms with Crippen LogP contribution in [0.3, 0.4) is 0 Å². The van der Waals surface area contributed by atoms with Crippen LogP contribution >= 0.6 is 0 Å². The molecule has 4 atom stereocenters. The fourth-order valence-corrected chi connectivity index (χ4v) is 5.70. The number of amides is 3. The van der Waals surface area contributed by atoms with Gasteiger partial charge in [-0.1, -0.05) is 24.3 Å². The summed E-state index contributed by atoms with van der Waals surface area (Å²) in [7, 11) is 0. The summed E-state index contributed by atoms with van der Waals surface area (Å²) in [6.45, 7) is 0.613. The highest BCUT2D eigenvalue weighted by molar-refractivity contribution is 5.96. The van der Waals surface area contributed by atoms with Gasteiger partial charge in [-0.2, -0.15) is 0 Å².